The molecule has 1 aromatic rings. The molecule has 2 heteroatoms. The molecule has 2 rings (SSSR count). The molecule has 0 radical (unpaired) electrons. The van der Waals surface area contributed by atoms with E-state index >= 15 is 0 Å². The van der Waals surface area contributed by atoms with Crippen molar-refractivity contribution in [1.29, 1.82) is 0 Å². The lowest BCUT2D eigenvalue weighted by Crippen LogP contribution is -2.18. The van der Waals surface area contributed by atoms with Gasteiger partial charge in [-0.15, -0.1) is 0 Å². The summed E-state index contributed by atoms with van der Waals surface area (Å²) in [5, 5.41) is 3.51. The summed E-state index contributed by atoms with van der Waals surface area (Å²) in [6.07, 6.45) is 8.23. The maximum Gasteiger partial charge on any atom is 0.121 e. The van der Waals surface area contributed by atoms with Gasteiger partial charge in [0.1, 0.15) is 5.75 Å². The molecular formula is C14H19NO. The van der Waals surface area contributed by atoms with Crippen LogP contribution >= 0.6 is 0 Å². The van der Waals surface area contributed by atoms with Crippen LogP contribution in [0.25, 0.3) is 0 Å². The van der Waals surface area contributed by atoms with Crippen LogP contribution in [0.4, 0.5) is 5.69 Å². The van der Waals surface area contributed by atoms with Crippen LogP contribution in [-0.4, -0.2) is 12.6 Å². The minimum absolute atomic E-state index is 0.477. The summed E-state index contributed by atoms with van der Waals surface area (Å²) in [7, 11) is 0. The van der Waals surface area contributed by atoms with Gasteiger partial charge in [-0.2, -0.15) is 0 Å². The number of rotatable bonds is 4. The summed E-state index contributed by atoms with van der Waals surface area (Å²) in [6.45, 7) is 2.72. The maximum atomic E-state index is 5.48. The lowest BCUT2D eigenvalue weighted by atomic mass is 10.0. The number of nitrogens with one attached hydrogen (secondary N) is 1. The van der Waals surface area contributed by atoms with E-state index in [-0.39, 0.29) is 0 Å². The molecule has 0 spiro atoms. The fourth-order valence-corrected chi connectivity index (χ4v) is 1.99. The summed E-state index contributed by atoms with van der Waals surface area (Å²) in [4.78, 5) is 0. The molecule has 0 saturated heterocycles. The average molecular weight is 217 g/mol. The molecule has 0 heterocycles. The minimum Gasteiger partial charge on any atom is -0.494 e. The Hall–Kier alpha value is -1.44. The average Bonchev–Trinajstić information content (AvgIpc) is 2.31. The van der Waals surface area contributed by atoms with E-state index in [0.29, 0.717) is 12.6 Å². The number of hydrogen-bond acceptors (Lipinski definition) is 2. The van der Waals surface area contributed by atoms with Crippen molar-refractivity contribution < 1.29 is 4.74 Å². The summed E-state index contributed by atoms with van der Waals surface area (Å²) in [6, 6.07) is 8.65. The lowest BCUT2D eigenvalue weighted by Gasteiger charge is -2.19. The van der Waals surface area contributed by atoms with Gasteiger partial charge < -0.3 is 10.1 Å². The monoisotopic (exact) mass is 217 g/mol. The van der Waals surface area contributed by atoms with Gasteiger partial charge in [-0.25, -0.2) is 0 Å². The third-order valence-electron chi connectivity index (χ3n) is 2.75. The third-order valence-corrected chi connectivity index (χ3v) is 2.75. The topological polar surface area (TPSA) is 21.3 Å². The van der Waals surface area contributed by atoms with E-state index in [1.165, 1.54) is 19.3 Å². The highest BCUT2D eigenvalue weighted by molar-refractivity contribution is 5.49. The molecule has 0 aliphatic heterocycles. The Kier molecular flexibility index (Phi) is 3.86. The normalized spacial score (nSPS) is 19.4. The van der Waals surface area contributed by atoms with Crippen LogP contribution in [0, 0.1) is 0 Å². The summed E-state index contributed by atoms with van der Waals surface area (Å²) in [5.41, 5.74) is 1.14. The molecule has 0 bridgehead atoms. The van der Waals surface area contributed by atoms with Gasteiger partial charge in [0.25, 0.3) is 0 Å². The van der Waals surface area contributed by atoms with E-state index in [9.17, 15) is 0 Å². The zero-order chi connectivity index (χ0) is 11.2. The fraction of sp³-hybridized carbons (Fsp3) is 0.429. The molecule has 1 atom stereocenters. The van der Waals surface area contributed by atoms with Gasteiger partial charge in [-0.3, -0.25) is 0 Å². The molecule has 86 valence electrons. The Bertz CT molecular complexity index is 360. The van der Waals surface area contributed by atoms with Gasteiger partial charge in [0, 0.05) is 17.8 Å². The molecule has 1 N–H and O–H groups in total. The number of benzene rings is 1. The molecule has 0 fully saturated rings. The molecule has 1 aromatic carbocycles. The fourth-order valence-electron chi connectivity index (χ4n) is 1.99. The molecule has 1 unspecified atom stereocenters. The molecule has 0 saturated carbocycles. The summed E-state index contributed by atoms with van der Waals surface area (Å²) in [5.74, 6) is 0.937. The van der Waals surface area contributed by atoms with E-state index in [1.54, 1.807) is 0 Å². The van der Waals surface area contributed by atoms with Crippen LogP contribution in [-0.2, 0) is 0 Å². The van der Waals surface area contributed by atoms with Gasteiger partial charge in [0.2, 0.25) is 0 Å². The highest BCUT2D eigenvalue weighted by atomic mass is 16.5. The SMILES string of the molecule is CCOc1cccc(NC2C=CCCC2)c1. The van der Waals surface area contributed by atoms with Gasteiger partial charge in [-0.05, 0) is 38.3 Å². The Labute approximate surface area is 97.3 Å². The first-order valence-corrected chi connectivity index (χ1v) is 6.04. The molecule has 1 aliphatic rings. The molecule has 0 amide bonds. The van der Waals surface area contributed by atoms with E-state index in [4.69, 9.17) is 4.74 Å². The second kappa shape index (κ2) is 5.59. The Morgan fingerprint density at radius 1 is 1.44 bits per heavy atom. The molecule has 16 heavy (non-hydrogen) atoms. The van der Waals surface area contributed by atoms with E-state index in [0.717, 1.165) is 11.4 Å². The van der Waals surface area contributed by atoms with Crippen molar-refractivity contribution in [3.05, 3.63) is 36.4 Å². The minimum atomic E-state index is 0.477. The quantitative estimate of drug-likeness (QED) is 0.778. The number of hydrogen-bond donors (Lipinski definition) is 1. The lowest BCUT2D eigenvalue weighted by molar-refractivity contribution is 0.340. The van der Waals surface area contributed by atoms with Gasteiger partial charge in [0.05, 0.1) is 6.61 Å². The van der Waals surface area contributed by atoms with E-state index in [1.807, 2.05) is 19.1 Å². The molecule has 0 aromatic heterocycles. The predicted molar refractivity (Wildman–Crippen MR) is 68.0 cm³/mol. The first-order valence-electron chi connectivity index (χ1n) is 6.04. The van der Waals surface area contributed by atoms with Crippen LogP contribution in [0.3, 0.4) is 0 Å². The number of allylic oxidation sites excluding steroid dienone is 1. The van der Waals surface area contributed by atoms with Crippen molar-refractivity contribution in [2.45, 2.75) is 32.2 Å². The molecule has 2 nitrogen and oxygen atoms in total. The van der Waals surface area contributed by atoms with Gasteiger partial charge in [-0.1, -0.05) is 18.2 Å². The van der Waals surface area contributed by atoms with Gasteiger partial charge >= 0.3 is 0 Å². The summed E-state index contributed by atoms with van der Waals surface area (Å²) >= 11 is 0. The largest absolute Gasteiger partial charge is 0.494 e. The maximum absolute atomic E-state index is 5.48. The van der Waals surface area contributed by atoms with Crippen molar-refractivity contribution >= 4 is 5.69 Å². The van der Waals surface area contributed by atoms with Crippen molar-refractivity contribution in [3.63, 3.8) is 0 Å². The number of ether oxygens (including phenoxy) is 1. The summed E-state index contributed by atoms with van der Waals surface area (Å²) < 4.78 is 5.48. The smallest absolute Gasteiger partial charge is 0.121 e. The van der Waals surface area contributed by atoms with Crippen LogP contribution in [0.5, 0.6) is 5.75 Å². The van der Waals surface area contributed by atoms with Crippen molar-refractivity contribution in [2.24, 2.45) is 0 Å². The second-order valence-electron chi connectivity index (χ2n) is 4.07. The van der Waals surface area contributed by atoms with Crippen LogP contribution in [0.2, 0.25) is 0 Å². The van der Waals surface area contributed by atoms with E-state index < -0.39 is 0 Å². The van der Waals surface area contributed by atoms with Crippen LogP contribution in [0.15, 0.2) is 36.4 Å². The van der Waals surface area contributed by atoms with Gasteiger partial charge in [0.15, 0.2) is 0 Å². The Morgan fingerprint density at radius 2 is 2.38 bits per heavy atom. The predicted octanol–water partition coefficient (Wildman–Crippen LogP) is 3.61. The second-order valence-corrected chi connectivity index (χ2v) is 4.07. The van der Waals surface area contributed by atoms with Crippen molar-refractivity contribution in [3.8, 4) is 5.75 Å². The standard InChI is InChI=1S/C14H19NO/c1-2-16-14-10-6-9-13(11-14)15-12-7-4-3-5-8-12/h4,6-7,9-12,15H,2-3,5,8H2,1H3. The van der Waals surface area contributed by atoms with Crippen LogP contribution < -0.4 is 10.1 Å². The zero-order valence-corrected chi connectivity index (χ0v) is 9.78. The highest BCUT2D eigenvalue weighted by Gasteiger charge is 2.07. The molecular weight excluding hydrogens is 198 g/mol. The Morgan fingerprint density at radius 3 is 3.12 bits per heavy atom. The Balaban J connectivity index is 2.00. The van der Waals surface area contributed by atoms with Crippen LogP contribution in [0.1, 0.15) is 26.2 Å². The number of anilines is 1. The third kappa shape index (κ3) is 3.02. The molecule has 1 aliphatic carbocycles. The van der Waals surface area contributed by atoms with Crippen molar-refractivity contribution in [1.82, 2.24) is 0 Å². The van der Waals surface area contributed by atoms with E-state index in [2.05, 4.69) is 29.6 Å². The first kappa shape index (κ1) is 11.1. The first-order chi connectivity index (χ1) is 7.88. The van der Waals surface area contributed by atoms with Crippen molar-refractivity contribution in [2.75, 3.05) is 11.9 Å². The zero-order valence-electron chi connectivity index (χ0n) is 9.78. The highest BCUT2D eigenvalue weighted by Crippen LogP contribution is 2.20.